The molecule has 1 aliphatic rings. The number of nitrogens with zero attached hydrogens (tertiary/aromatic N) is 1. The van der Waals surface area contributed by atoms with Gasteiger partial charge in [0, 0.05) is 19.3 Å². The number of benzene rings is 4. The molecule has 1 unspecified atom stereocenters. The van der Waals surface area contributed by atoms with Gasteiger partial charge in [-0.05, 0) is 39.9 Å². The van der Waals surface area contributed by atoms with Gasteiger partial charge in [-0.25, -0.2) is 4.99 Å². The fourth-order valence-corrected chi connectivity index (χ4v) is 4.70. The van der Waals surface area contributed by atoms with Crippen LogP contribution in [0.2, 0.25) is 0 Å². The van der Waals surface area contributed by atoms with Gasteiger partial charge in [0.05, 0.1) is 11.3 Å². The molecular weight excluding hydrogens is 422 g/mol. The van der Waals surface area contributed by atoms with Gasteiger partial charge in [-0.15, -0.1) is 0 Å². The minimum atomic E-state index is -0.132. The summed E-state index contributed by atoms with van der Waals surface area (Å²) in [5.41, 5.74) is 3.14. The van der Waals surface area contributed by atoms with E-state index >= 15 is 0 Å². The number of aliphatic hydroxyl groups excluding tert-OH is 1. The summed E-state index contributed by atoms with van der Waals surface area (Å²) in [4.78, 5) is 18.1. The van der Waals surface area contributed by atoms with E-state index in [2.05, 4.69) is 0 Å². The van der Waals surface area contributed by atoms with Crippen molar-refractivity contribution in [1.82, 2.24) is 0 Å². The van der Waals surface area contributed by atoms with E-state index < -0.39 is 0 Å². The molecule has 0 bridgehead atoms. The van der Waals surface area contributed by atoms with Crippen molar-refractivity contribution in [1.29, 1.82) is 0 Å². The van der Waals surface area contributed by atoms with Crippen LogP contribution >= 0.6 is 0 Å². The van der Waals surface area contributed by atoms with Crippen LogP contribution in [0.25, 0.3) is 10.8 Å². The fourth-order valence-electron chi connectivity index (χ4n) is 4.70. The van der Waals surface area contributed by atoms with Gasteiger partial charge in [0.1, 0.15) is 17.2 Å². The first-order valence-corrected chi connectivity index (χ1v) is 11.4. The molecule has 34 heavy (non-hydrogen) atoms. The minimum absolute atomic E-state index is 0.0310. The van der Waals surface area contributed by atoms with Crippen LogP contribution in [0.15, 0.2) is 113 Å². The zero-order chi connectivity index (χ0) is 23.5. The number of phenols is 1. The largest absolute Gasteiger partial charge is 0.511 e. The Bertz CT molecular complexity index is 1410. The van der Waals surface area contributed by atoms with Crippen molar-refractivity contribution in [2.45, 2.75) is 25.2 Å². The molecule has 0 aliphatic heterocycles. The standard InChI is InChI=1S/C30H25NO3/c32-27-16-7-6-15-25(27)31-26(17-22-13-8-12-21-11-4-5-14-24(21)22)30-28(33)18-23(19-29(30)34)20-9-2-1-3-10-20/h1-16,23,32-33H,17-19H2. The molecule has 0 amide bonds. The summed E-state index contributed by atoms with van der Waals surface area (Å²) < 4.78 is 0. The number of fused-ring (bicyclic) bond motifs is 1. The molecule has 4 aromatic carbocycles. The van der Waals surface area contributed by atoms with Gasteiger partial charge in [0.2, 0.25) is 0 Å². The molecule has 0 aromatic heterocycles. The third-order valence-electron chi connectivity index (χ3n) is 6.37. The highest BCUT2D eigenvalue weighted by Crippen LogP contribution is 2.36. The first kappa shape index (κ1) is 21.7. The molecule has 0 radical (unpaired) electrons. The number of phenolic OH excluding ortho intramolecular Hbond substituents is 1. The topological polar surface area (TPSA) is 69.9 Å². The van der Waals surface area contributed by atoms with Crippen LogP contribution in [0.3, 0.4) is 0 Å². The lowest BCUT2D eigenvalue weighted by Crippen LogP contribution is -2.25. The van der Waals surface area contributed by atoms with Crippen molar-refractivity contribution in [2.75, 3.05) is 0 Å². The first-order valence-electron chi connectivity index (χ1n) is 11.4. The maximum absolute atomic E-state index is 13.4. The highest BCUT2D eigenvalue weighted by molar-refractivity contribution is 6.24. The van der Waals surface area contributed by atoms with Gasteiger partial charge in [0.15, 0.2) is 5.78 Å². The molecule has 168 valence electrons. The van der Waals surface area contributed by atoms with Crippen molar-refractivity contribution >= 4 is 28.0 Å². The molecule has 5 rings (SSSR count). The van der Waals surface area contributed by atoms with Crippen LogP contribution in [0.1, 0.15) is 29.9 Å². The minimum Gasteiger partial charge on any atom is -0.511 e. The molecule has 0 heterocycles. The van der Waals surface area contributed by atoms with Crippen LogP contribution in [0.4, 0.5) is 5.69 Å². The van der Waals surface area contributed by atoms with E-state index in [-0.39, 0.29) is 28.8 Å². The Morgan fingerprint density at radius 3 is 2.29 bits per heavy atom. The van der Waals surface area contributed by atoms with Crippen LogP contribution in [-0.2, 0) is 11.2 Å². The number of hydrogen-bond donors (Lipinski definition) is 2. The number of carbonyl (C=O) groups excluding carboxylic acids is 1. The predicted octanol–water partition coefficient (Wildman–Crippen LogP) is 6.82. The Hall–Kier alpha value is -4.18. The monoisotopic (exact) mass is 447 g/mol. The molecule has 0 fully saturated rings. The molecule has 2 N–H and O–H groups in total. The van der Waals surface area contributed by atoms with E-state index in [1.54, 1.807) is 24.3 Å². The number of para-hydroxylation sites is 2. The van der Waals surface area contributed by atoms with E-state index in [1.165, 1.54) is 0 Å². The summed E-state index contributed by atoms with van der Waals surface area (Å²) >= 11 is 0. The molecule has 0 spiro atoms. The second-order valence-corrected chi connectivity index (χ2v) is 8.62. The Kier molecular flexibility index (Phi) is 5.96. The smallest absolute Gasteiger partial charge is 0.168 e. The number of ketones is 1. The molecule has 4 nitrogen and oxygen atoms in total. The SMILES string of the molecule is O=C1CC(c2ccccc2)CC(O)=C1C(Cc1cccc2ccccc12)=Nc1ccccc1O. The maximum Gasteiger partial charge on any atom is 0.168 e. The average molecular weight is 448 g/mol. The summed E-state index contributed by atoms with van der Waals surface area (Å²) in [5, 5.41) is 23.6. The van der Waals surface area contributed by atoms with Crippen molar-refractivity contribution in [3.8, 4) is 5.75 Å². The Labute approximate surface area is 198 Å². The predicted molar refractivity (Wildman–Crippen MR) is 136 cm³/mol. The van der Waals surface area contributed by atoms with E-state index in [9.17, 15) is 15.0 Å². The van der Waals surface area contributed by atoms with Crippen LogP contribution in [-0.4, -0.2) is 21.7 Å². The zero-order valence-corrected chi connectivity index (χ0v) is 18.7. The molecule has 4 aromatic rings. The first-order chi connectivity index (χ1) is 16.6. The van der Waals surface area contributed by atoms with Gasteiger partial charge in [0.25, 0.3) is 0 Å². The van der Waals surface area contributed by atoms with Gasteiger partial charge in [-0.2, -0.15) is 0 Å². The van der Waals surface area contributed by atoms with Gasteiger partial charge in [-0.1, -0.05) is 84.9 Å². The van der Waals surface area contributed by atoms with Crippen LogP contribution < -0.4 is 0 Å². The maximum atomic E-state index is 13.4. The second kappa shape index (κ2) is 9.36. The van der Waals surface area contributed by atoms with E-state index in [0.717, 1.165) is 21.9 Å². The molecular formula is C30H25NO3. The van der Waals surface area contributed by atoms with Crippen molar-refractivity contribution < 1.29 is 15.0 Å². The number of hydrogen-bond acceptors (Lipinski definition) is 4. The summed E-state index contributed by atoms with van der Waals surface area (Å²) in [6.45, 7) is 0. The third kappa shape index (κ3) is 4.35. The van der Waals surface area contributed by atoms with Crippen LogP contribution in [0, 0.1) is 0 Å². The lowest BCUT2D eigenvalue weighted by atomic mass is 9.80. The van der Waals surface area contributed by atoms with Gasteiger partial charge in [-0.3, -0.25) is 4.79 Å². The van der Waals surface area contributed by atoms with E-state index in [4.69, 9.17) is 4.99 Å². The summed E-state index contributed by atoms with van der Waals surface area (Å²) in [6.07, 6.45) is 1.04. The number of aromatic hydroxyl groups is 1. The lowest BCUT2D eigenvalue weighted by molar-refractivity contribution is -0.116. The normalized spacial score (nSPS) is 16.8. The van der Waals surface area contributed by atoms with Crippen molar-refractivity contribution in [3.63, 3.8) is 0 Å². The zero-order valence-electron chi connectivity index (χ0n) is 18.7. The summed E-state index contributed by atoms with van der Waals surface area (Å²) in [7, 11) is 0. The fraction of sp³-hybridized carbons (Fsp3) is 0.133. The van der Waals surface area contributed by atoms with E-state index in [1.807, 2.05) is 72.8 Å². The summed E-state index contributed by atoms with van der Waals surface area (Å²) in [5.74, 6) is -0.115. The molecule has 0 saturated carbocycles. The number of aliphatic hydroxyl groups is 1. The molecule has 1 atom stereocenters. The number of rotatable bonds is 5. The van der Waals surface area contributed by atoms with Crippen molar-refractivity contribution in [2.24, 2.45) is 4.99 Å². The van der Waals surface area contributed by atoms with Gasteiger partial charge >= 0.3 is 0 Å². The summed E-state index contributed by atoms with van der Waals surface area (Å²) in [6, 6.07) is 30.7. The molecule has 0 saturated heterocycles. The highest BCUT2D eigenvalue weighted by atomic mass is 16.3. The van der Waals surface area contributed by atoms with E-state index in [0.29, 0.717) is 30.7 Å². The second-order valence-electron chi connectivity index (χ2n) is 8.62. The number of aliphatic imine (C=N–C) groups is 1. The average Bonchev–Trinajstić information content (AvgIpc) is 2.85. The molecule has 4 heteroatoms. The quantitative estimate of drug-likeness (QED) is 0.330. The number of allylic oxidation sites excluding steroid dienone is 2. The number of carbonyl (C=O) groups is 1. The Morgan fingerprint density at radius 2 is 1.50 bits per heavy atom. The Balaban J connectivity index is 1.60. The third-order valence-corrected chi connectivity index (χ3v) is 6.37. The number of Topliss-reactive ketones (excluding diaryl/α,β-unsaturated/α-hetero) is 1. The highest BCUT2D eigenvalue weighted by Gasteiger charge is 2.31. The van der Waals surface area contributed by atoms with Crippen molar-refractivity contribution in [3.05, 3.63) is 120 Å². The van der Waals surface area contributed by atoms with Crippen LogP contribution in [0.5, 0.6) is 5.75 Å². The Morgan fingerprint density at radius 1 is 0.794 bits per heavy atom. The van der Waals surface area contributed by atoms with Gasteiger partial charge < -0.3 is 10.2 Å². The molecule has 1 aliphatic carbocycles. The lowest BCUT2D eigenvalue weighted by Gasteiger charge is -2.25.